The number of aromatic hydroxyl groups is 1. The third kappa shape index (κ3) is 3.68. The number of esters is 1. The summed E-state index contributed by atoms with van der Waals surface area (Å²) in [7, 11) is 0. The fourth-order valence-electron chi connectivity index (χ4n) is 4.85. The fourth-order valence-corrected chi connectivity index (χ4v) is 4.85. The van der Waals surface area contributed by atoms with E-state index in [9.17, 15) is 9.90 Å². The number of cyclic esters (lactones) is 1. The Balaban J connectivity index is 1.23. The van der Waals surface area contributed by atoms with Gasteiger partial charge in [-0.25, -0.2) is 0 Å². The fraction of sp³-hybridized carbons (Fsp3) is 0.667. The smallest absolute Gasteiger partial charge is 0.312 e. The average Bonchev–Trinajstić information content (AvgIpc) is 2.97. The molecule has 1 N–H and O–H groups in total. The molecular formula is C21H30N2O3. The highest BCUT2D eigenvalue weighted by molar-refractivity contribution is 5.79. The third-order valence-corrected chi connectivity index (χ3v) is 6.49. The first kappa shape index (κ1) is 17.7. The topological polar surface area (TPSA) is 53.0 Å². The Morgan fingerprint density at radius 3 is 2.42 bits per heavy atom. The second-order valence-electron chi connectivity index (χ2n) is 8.21. The van der Waals surface area contributed by atoms with Gasteiger partial charge < -0.3 is 14.7 Å². The van der Waals surface area contributed by atoms with Crippen LogP contribution in [0.2, 0.25) is 0 Å². The van der Waals surface area contributed by atoms with Gasteiger partial charge in [0.25, 0.3) is 0 Å². The molecule has 1 aromatic carbocycles. The van der Waals surface area contributed by atoms with Crippen molar-refractivity contribution in [3.05, 3.63) is 24.3 Å². The molecule has 1 saturated carbocycles. The van der Waals surface area contributed by atoms with E-state index in [2.05, 4.69) is 9.80 Å². The highest BCUT2D eigenvalue weighted by Crippen LogP contribution is 2.46. The Hall–Kier alpha value is -1.75. The first-order valence-corrected chi connectivity index (χ1v) is 10.1. The molecule has 1 aromatic rings. The van der Waals surface area contributed by atoms with Crippen molar-refractivity contribution >= 4 is 11.7 Å². The quantitative estimate of drug-likeness (QED) is 0.838. The summed E-state index contributed by atoms with van der Waals surface area (Å²) in [5, 5.41) is 9.42. The molecule has 26 heavy (non-hydrogen) atoms. The Morgan fingerprint density at radius 1 is 1.04 bits per heavy atom. The molecule has 3 fully saturated rings. The van der Waals surface area contributed by atoms with Gasteiger partial charge in [-0.2, -0.15) is 0 Å². The van der Waals surface area contributed by atoms with E-state index in [-0.39, 0.29) is 17.5 Å². The molecule has 142 valence electrons. The van der Waals surface area contributed by atoms with E-state index < -0.39 is 0 Å². The van der Waals surface area contributed by atoms with Gasteiger partial charge in [-0.3, -0.25) is 9.69 Å². The van der Waals surface area contributed by atoms with Crippen LogP contribution in [0.4, 0.5) is 5.69 Å². The molecule has 0 radical (unpaired) electrons. The summed E-state index contributed by atoms with van der Waals surface area (Å²) < 4.78 is 5.75. The van der Waals surface area contributed by atoms with Crippen LogP contribution in [0.5, 0.6) is 5.75 Å². The lowest BCUT2D eigenvalue weighted by molar-refractivity contribution is -0.150. The van der Waals surface area contributed by atoms with Crippen LogP contribution in [0.1, 0.15) is 44.9 Å². The lowest BCUT2D eigenvalue weighted by Gasteiger charge is -2.36. The molecule has 1 aliphatic carbocycles. The number of carbonyl (C=O) groups is 1. The summed E-state index contributed by atoms with van der Waals surface area (Å²) in [6.45, 7) is 5.08. The van der Waals surface area contributed by atoms with Crippen LogP contribution in [-0.2, 0) is 9.53 Å². The molecule has 3 aliphatic rings. The highest BCUT2D eigenvalue weighted by Gasteiger charge is 2.48. The zero-order valence-electron chi connectivity index (χ0n) is 15.5. The summed E-state index contributed by atoms with van der Waals surface area (Å²) in [6.07, 6.45) is 7.73. The standard InChI is InChI=1S/C21H30N2O3/c24-18-6-4-17(5-7-18)23-14-12-22(13-15-23)11-8-19-16-21(20(25)26-19)9-2-1-3-10-21/h4-7,19,24H,1-3,8-16H2/t19-/m1/s1. The second kappa shape index (κ2) is 7.47. The number of piperazine rings is 1. The van der Waals surface area contributed by atoms with Crippen molar-refractivity contribution in [2.45, 2.75) is 51.0 Å². The number of hydrogen-bond acceptors (Lipinski definition) is 5. The number of phenols is 1. The highest BCUT2D eigenvalue weighted by atomic mass is 16.6. The first-order chi connectivity index (χ1) is 12.6. The monoisotopic (exact) mass is 358 g/mol. The van der Waals surface area contributed by atoms with Crippen molar-refractivity contribution in [1.82, 2.24) is 4.90 Å². The lowest BCUT2D eigenvalue weighted by atomic mass is 9.72. The normalized spacial score (nSPS) is 26.2. The van der Waals surface area contributed by atoms with Crippen molar-refractivity contribution in [1.29, 1.82) is 0 Å². The summed E-state index contributed by atoms with van der Waals surface area (Å²) in [4.78, 5) is 17.2. The molecule has 4 rings (SSSR count). The predicted molar refractivity (Wildman–Crippen MR) is 101 cm³/mol. The Morgan fingerprint density at radius 2 is 1.73 bits per heavy atom. The van der Waals surface area contributed by atoms with Gasteiger partial charge in [0.2, 0.25) is 0 Å². The number of benzene rings is 1. The number of anilines is 1. The van der Waals surface area contributed by atoms with Crippen LogP contribution >= 0.6 is 0 Å². The molecule has 0 aromatic heterocycles. The van der Waals surface area contributed by atoms with Gasteiger partial charge in [0.05, 0.1) is 5.41 Å². The van der Waals surface area contributed by atoms with E-state index in [1.165, 1.54) is 24.9 Å². The van der Waals surface area contributed by atoms with Crippen LogP contribution in [-0.4, -0.2) is 54.8 Å². The van der Waals surface area contributed by atoms with E-state index >= 15 is 0 Å². The van der Waals surface area contributed by atoms with E-state index in [1.807, 2.05) is 12.1 Å². The first-order valence-electron chi connectivity index (χ1n) is 10.1. The molecule has 2 saturated heterocycles. The van der Waals surface area contributed by atoms with Crippen molar-refractivity contribution in [3.8, 4) is 5.75 Å². The number of carbonyl (C=O) groups excluding carboxylic acids is 1. The summed E-state index contributed by atoms with van der Waals surface area (Å²) in [6, 6.07) is 7.45. The van der Waals surface area contributed by atoms with E-state index in [0.717, 1.165) is 58.4 Å². The molecule has 0 unspecified atom stereocenters. The van der Waals surface area contributed by atoms with Gasteiger partial charge in [-0.1, -0.05) is 19.3 Å². The van der Waals surface area contributed by atoms with Crippen LogP contribution in [0, 0.1) is 5.41 Å². The van der Waals surface area contributed by atoms with Crippen molar-refractivity contribution in [2.24, 2.45) is 5.41 Å². The maximum absolute atomic E-state index is 12.4. The van der Waals surface area contributed by atoms with Crippen molar-refractivity contribution in [3.63, 3.8) is 0 Å². The summed E-state index contributed by atoms with van der Waals surface area (Å²) >= 11 is 0. The minimum absolute atomic E-state index is 0.0827. The largest absolute Gasteiger partial charge is 0.508 e. The number of rotatable bonds is 4. The van der Waals surface area contributed by atoms with E-state index in [1.54, 1.807) is 12.1 Å². The Labute approximate surface area is 155 Å². The number of hydrogen-bond donors (Lipinski definition) is 1. The zero-order chi connectivity index (χ0) is 18.0. The van der Waals surface area contributed by atoms with E-state index in [4.69, 9.17) is 4.74 Å². The van der Waals surface area contributed by atoms with Crippen molar-refractivity contribution in [2.75, 3.05) is 37.6 Å². The Bertz CT molecular complexity index is 617. The van der Waals surface area contributed by atoms with Gasteiger partial charge in [0.1, 0.15) is 11.9 Å². The van der Waals surface area contributed by atoms with Crippen LogP contribution < -0.4 is 4.90 Å². The van der Waals surface area contributed by atoms with Crippen molar-refractivity contribution < 1.29 is 14.6 Å². The maximum atomic E-state index is 12.4. The molecule has 1 spiro atoms. The minimum atomic E-state index is -0.138. The molecule has 5 nitrogen and oxygen atoms in total. The Kier molecular flexibility index (Phi) is 5.07. The van der Waals surface area contributed by atoms with Gasteiger partial charge >= 0.3 is 5.97 Å². The average molecular weight is 358 g/mol. The van der Waals surface area contributed by atoms with E-state index in [0.29, 0.717) is 5.75 Å². The van der Waals surface area contributed by atoms with Crippen LogP contribution in [0.3, 0.4) is 0 Å². The lowest BCUT2D eigenvalue weighted by Crippen LogP contribution is -2.47. The van der Waals surface area contributed by atoms with Gasteiger partial charge in [0, 0.05) is 44.8 Å². The predicted octanol–water partition coefficient (Wildman–Crippen LogP) is 3.17. The number of phenolic OH excluding ortho intramolecular Hbond substituents is 1. The number of ether oxygens (including phenoxy) is 1. The second-order valence-corrected chi connectivity index (χ2v) is 8.21. The minimum Gasteiger partial charge on any atom is -0.508 e. The maximum Gasteiger partial charge on any atom is 0.312 e. The SMILES string of the molecule is O=C1O[C@H](CCN2CCN(c3ccc(O)cc3)CC2)CC12CCCCC2. The molecular weight excluding hydrogens is 328 g/mol. The zero-order valence-corrected chi connectivity index (χ0v) is 15.5. The molecule has 2 aliphatic heterocycles. The number of nitrogens with zero attached hydrogens (tertiary/aromatic N) is 2. The van der Waals surface area contributed by atoms with Crippen LogP contribution in [0.25, 0.3) is 0 Å². The van der Waals surface area contributed by atoms with Gasteiger partial charge in [-0.05, 0) is 43.5 Å². The molecule has 1 atom stereocenters. The van der Waals surface area contributed by atoms with Gasteiger partial charge in [-0.15, -0.1) is 0 Å². The summed E-state index contributed by atoms with van der Waals surface area (Å²) in [5.41, 5.74) is 1.03. The third-order valence-electron chi connectivity index (χ3n) is 6.49. The molecule has 0 amide bonds. The molecule has 0 bridgehead atoms. The van der Waals surface area contributed by atoms with Gasteiger partial charge in [0.15, 0.2) is 0 Å². The molecule has 2 heterocycles. The molecule has 5 heteroatoms. The summed E-state index contributed by atoms with van der Waals surface area (Å²) in [5.74, 6) is 0.397. The van der Waals surface area contributed by atoms with Crippen LogP contribution in [0.15, 0.2) is 24.3 Å².